The maximum absolute atomic E-state index is 10.5. The number of carbonyl (C=O) groups is 2. The Kier molecular flexibility index (Phi) is 3.96. The zero-order valence-electron chi connectivity index (χ0n) is 8.10. The van der Waals surface area contributed by atoms with E-state index in [0.29, 0.717) is 5.76 Å². The Bertz CT molecular complexity index is 272. The van der Waals surface area contributed by atoms with Crippen molar-refractivity contribution in [3.05, 3.63) is 12.3 Å². The Morgan fingerprint density at radius 3 is 2.87 bits per heavy atom. The second-order valence-corrected chi connectivity index (χ2v) is 3.04. The highest BCUT2D eigenvalue weighted by Gasteiger charge is 2.25. The lowest BCUT2D eigenvalue weighted by Crippen LogP contribution is -2.17. The zero-order chi connectivity index (χ0) is 11.3. The Balaban J connectivity index is 2.11. The minimum Gasteiger partial charge on any atom is -0.495 e. The van der Waals surface area contributed by atoms with E-state index in [1.54, 1.807) is 0 Å². The maximum Gasteiger partial charge on any atom is 0.508 e. The Morgan fingerprint density at radius 2 is 2.33 bits per heavy atom. The third kappa shape index (κ3) is 4.35. The number of carbonyl (C=O) groups excluding carboxylic acids is 1. The van der Waals surface area contributed by atoms with Crippen LogP contribution in [-0.2, 0) is 19.0 Å². The lowest BCUT2D eigenvalue weighted by Gasteiger charge is -2.10. The number of ether oxygens (including phenoxy) is 3. The molecule has 1 fully saturated rings. The quantitative estimate of drug-likeness (QED) is 0.525. The van der Waals surface area contributed by atoms with Crippen molar-refractivity contribution < 1.29 is 28.9 Å². The van der Waals surface area contributed by atoms with E-state index in [-0.39, 0.29) is 26.1 Å². The summed E-state index contributed by atoms with van der Waals surface area (Å²) in [5.41, 5.74) is 0. The van der Waals surface area contributed by atoms with Gasteiger partial charge in [0.05, 0.1) is 12.2 Å². The van der Waals surface area contributed by atoms with Crippen LogP contribution >= 0.6 is 0 Å². The van der Waals surface area contributed by atoms with Gasteiger partial charge in [0.1, 0.15) is 13.2 Å². The molecule has 1 aliphatic rings. The van der Waals surface area contributed by atoms with E-state index >= 15 is 0 Å². The maximum atomic E-state index is 10.5. The summed E-state index contributed by atoms with van der Waals surface area (Å²) < 4.78 is 14.3. The van der Waals surface area contributed by atoms with Crippen molar-refractivity contribution in [3.8, 4) is 0 Å². The summed E-state index contributed by atoms with van der Waals surface area (Å²) in [5.74, 6) is -0.546. The molecule has 1 rings (SSSR count). The Labute approximate surface area is 86.4 Å². The molecule has 1 saturated heterocycles. The third-order valence-corrected chi connectivity index (χ3v) is 1.74. The van der Waals surface area contributed by atoms with E-state index < -0.39 is 18.2 Å². The molecule has 0 saturated carbocycles. The van der Waals surface area contributed by atoms with Gasteiger partial charge in [0.2, 0.25) is 0 Å². The first-order valence-corrected chi connectivity index (χ1v) is 4.43. The predicted molar refractivity (Wildman–Crippen MR) is 48.2 cm³/mol. The van der Waals surface area contributed by atoms with E-state index in [2.05, 4.69) is 11.3 Å². The fraction of sp³-hybridized carbons (Fsp3) is 0.556. The van der Waals surface area contributed by atoms with Gasteiger partial charge < -0.3 is 19.3 Å². The molecule has 0 bridgehead atoms. The van der Waals surface area contributed by atoms with Crippen LogP contribution < -0.4 is 0 Å². The molecule has 6 nitrogen and oxygen atoms in total. The molecule has 0 spiro atoms. The molecule has 1 N–H and O–H groups in total. The molecule has 0 aromatic carbocycles. The molecular formula is C9H12O6. The predicted octanol–water partition coefficient (Wildman–Crippen LogP) is 0.917. The molecule has 15 heavy (non-hydrogen) atoms. The molecule has 1 aliphatic heterocycles. The average Bonchev–Trinajstić information content (AvgIpc) is 2.58. The molecule has 1 unspecified atom stereocenters. The van der Waals surface area contributed by atoms with Gasteiger partial charge in [0.25, 0.3) is 0 Å². The number of rotatable bonds is 6. The van der Waals surface area contributed by atoms with Crippen molar-refractivity contribution >= 4 is 12.1 Å². The number of allylic oxidation sites excluding steroid dienone is 1. The SMILES string of the molecule is C=C(CCC(=O)O)OCC1COC(=O)O1. The van der Waals surface area contributed by atoms with Crippen LogP contribution in [0, 0.1) is 0 Å². The number of aliphatic carboxylic acids is 1. The summed E-state index contributed by atoms with van der Waals surface area (Å²) >= 11 is 0. The van der Waals surface area contributed by atoms with Crippen molar-refractivity contribution in [3.63, 3.8) is 0 Å². The van der Waals surface area contributed by atoms with Crippen LogP contribution in [0.15, 0.2) is 12.3 Å². The smallest absolute Gasteiger partial charge is 0.495 e. The molecule has 6 heteroatoms. The minimum atomic E-state index is -0.907. The molecular weight excluding hydrogens is 204 g/mol. The number of cyclic esters (lactones) is 2. The highest BCUT2D eigenvalue weighted by atomic mass is 16.8. The summed E-state index contributed by atoms with van der Waals surface area (Å²) in [6, 6.07) is 0. The normalized spacial score (nSPS) is 19.2. The number of carboxylic acids is 1. The van der Waals surface area contributed by atoms with E-state index in [1.807, 2.05) is 0 Å². The second-order valence-electron chi connectivity index (χ2n) is 3.04. The molecule has 0 amide bonds. The van der Waals surface area contributed by atoms with Crippen molar-refractivity contribution in [2.75, 3.05) is 13.2 Å². The highest BCUT2D eigenvalue weighted by molar-refractivity contribution is 5.66. The Hall–Kier alpha value is -1.72. The van der Waals surface area contributed by atoms with Crippen LogP contribution in [0.2, 0.25) is 0 Å². The lowest BCUT2D eigenvalue weighted by atomic mass is 10.3. The fourth-order valence-corrected chi connectivity index (χ4v) is 0.977. The van der Waals surface area contributed by atoms with Crippen LogP contribution in [-0.4, -0.2) is 36.5 Å². The van der Waals surface area contributed by atoms with Crippen molar-refractivity contribution in [2.24, 2.45) is 0 Å². The zero-order valence-corrected chi connectivity index (χ0v) is 8.10. The third-order valence-electron chi connectivity index (χ3n) is 1.74. The van der Waals surface area contributed by atoms with E-state index in [4.69, 9.17) is 14.6 Å². The van der Waals surface area contributed by atoms with E-state index in [9.17, 15) is 9.59 Å². The first kappa shape index (κ1) is 11.4. The summed E-state index contributed by atoms with van der Waals surface area (Å²) in [6.45, 7) is 3.84. The summed E-state index contributed by atoms with van der Waals surface area (Å²) in [4.78, 5) is 20.7. The fourth-order valence-electron chi connectivity index (χ4n) is 0.977. The van der Waals surface area contributed by atoms with Gasteiger partial charge in [-0.05, 0) is 0 Å². The molecule has 1 heterocycles. The lowest BCUT2D eigenvalue weighted by molar-refractivity contribution is -0.137. The molecule has 0 aromatic rings. The van der Waals surface area contributed by atoms with Crippen LogP contribution in [0.5, 0.6) is 0 Å². The summed E-state index contributed by atoms with van der Waals surface area (Å²) in [6.07, 6.45) is -0.921. The van der Waals surface area contributed by atoms with Crippen LogP contribution in [0.4, 0.5) is 4.79 Å². The molecule has 0 aliphatic carbocycles. The summed E-state index contributed by atoms with van der Waals surface area (Å²) in [5, 5.41) is 8.39. The van der Waals surface area contributed by atoms with Crippen molar-refractivity contribution in [2.45, 2.75) is 18.9 Å². The molecule has 0 aromatic heterocycles. The number of hydrogen-bond donors (Lipinski definition) is 1. The van der Waals surface area contributed by atoms with Gasteiger partial charge >= 0.3 is 12.1 Å². The van der Waals surface area contributed by atoms with Gasteiger partial charge in [-0.3, -0.25) is 4.79 Å². The van der Waals surface area contributed by atoms with Gasteiger partial charge in [-0.15, -0.1) is 0 Å². The second kappa shape index (κ2) is 5.23. The molecule has 84 valence electrons. The highest BCUT2D eigenvalue weighted by Crippen LogP contribution is 2.10. The number of hydrogen-bond acceptors (Lipinski definition) is 5. The van der Waals surface area contributed by atoms with Crippen molar-refractivity contribution in [1.29, 1.82) is 0 Å². The monoisotopic (exact) mass is 216 g/mol. The largest absolute Gasteiger partial charge is 0.508 e. The first-order chi connectivity index (χ1) is 7.08. The molecule has 0 radical (unpaired) electrons. The van der Waals surface area contributed by atoms with Gasteiger partial charge in [0.15, 0.2) is 6.10 Å². The topological polar surface area (TPSA) is 82.1 Å². The van der Waals surface area contributed by atoms with Gasteiger partial charge in [-0.1, -0.05) is 6.58 Å². The Morgan fingerprint density at radius 1 is 1.60 bits per heavy atom. The standard InChI is InChI=1S/C9H12O6/c1-6(2-3-8(10)11)13-4-7-5-14-9(12)15-7/h7H,1-5H2,(H,10,11). The van der Waals surface area contributed by atoms with Crippen molar-refractivity contribution in [1.82, 2.24) is 0 Å². The van der Waals surface area contributed by atoms with Crippen LogP contribution in [0.3, 0.4) is 0 Å². The average molecular weight is 216 g/mol. The minimum absolute atomic E-state index is 0.0280. The number of carboxylic acid groups (broad SMARTS) is 1. The van der Waals surface area contributed by atoms with Crippen LogP contribution in [0.1, 0.15) is 12.8 Å². The first-order valence-electron chi connectivity index (χ1n) is 4.43. The van der Waals surface area contributed by atoms with Gasteiger partial charge in [-0.2, -0.15) is 0 Å². The van der Waals surface area contributed by atoms with Gasteiger partial charge in [0, 0.05) is 6.42 Å². The van der Waals surface area contributed by atoms with Crippen LogP contribution in [0.25, 0.3) is 0 Å². The van der Waals surface area contributed by atoms with E-state index in [0.717, 1.165) is 0 Å². The summed E-state index contributed by atoms with van der Waals surface area (Å²) in [7, 11) is 0. The van der Waals surface area contributed by atoms with Gasteiger partial charge in [-0.25, -0.2) is 4.79 Å². The molecule has 1 atom stereocenters. The van der Waals surface area contributed by atoms with E-state index in [1.165, 1.54) is 0 Å².